The smallest absolute Gasteiger partial charge is 0.341 e. The van der Waals surface area contributed by atoms with Crippen LogP contribution >= 0.6 is 12.4 Å². The minimum absolute atomic E-state index is 0. The summed E-state index contributed by atoms with van der Waals surface area (Å²) in [5.74, 6) is 7.34. The maximum atomic E-state index is 13.0. The van der Waals surface area contributed by atoms with Crippen LogP contribution in [0.2, 0.25) is 0 Å². The predicted molar refractivity (Wildman–Crippen MR) is 188 cm³/mol. The van der Waals surface area contributed by atoms with Crippen LogP contribution in [-0.4, -0.2) is 68.2 Å². The Morgan fingerprint density at radius 1 is 0.680 bits per heavy atom. The second-order valence-corrected chi connectivity index (χ2v) is 15.7. The summed E-state index contributed by atoms with van der Waals surface area (Å²) in [5, 5.41) is 28.6. The summed E-state index contributed by atoms with van der Waals surface area (Å²) in [6, 6.07) is 4.50. The Bertz CT molecular complexity index is 1720. The molecular weight excluding hydrogens is 656 g/mol. The number of carboxylic acids is 1. The summed E-state index contributed by atoms with van der Waals surface area (Å²) < 4.78 is 6.35. The van der Waals surface area contributed by atoms with Gasteiger partial charge in [0.05, 0.1) is 12.4 Å². The SMILES string of the molecule is Cl.Cn1ncc(C(=O)NC2C3CC4CC(C3)CC2C4)c1-n1cccn1.Cn1ncc(C(=O)O)c1-n1cccn1.NC1C2CC3CC(C2)CC1C3. The molecule has 1 amide bonds. The maximum Gasteiger partial charge on any atom is 0.341 e. The number of aryl methyl sites for hydroxylation is 2. The van der Waals surface area contributed by atoms with E-state index in [1.807, 2.05) is 19.3 Å². The number of aromatic nitrogens is 8. The first-order valence-corrected chi connectivity index (χ1v) is 18.1. The fraction of sp³-hybridized carbons (Fsp3) is 0.611. The van der Waals surface area contributed by atoms with E-state index in [1.165, 1.54) is 73.3 Å². The summed E-state index contributed by atoms with van der Waals surface area (Å²) in [4.78, 5) is 23.8. The lowest BCUT2D eigenvalue weighted by Crippen LogP contribution is -2.55. The first-order chi connectivity index (χ1) is 23.7. The van der Waals surface area contributed by atoms with Crippen LogP contribution in [0.25, 0.3) is 11.6 Å². The molecule has 0 radical (unpaired) electrons. The van der Waals surface area contributed by atoms with Gasteiger partial charge in [-0.2, -0.15) is 20.4 Å². The number of hydrogen-bond acceptors (Lipinski definition) is 7. The molecule has 14 heteroatoms. The van der Waals surface area contributed by atoms with Crippen molar-refractivity contribution in [3.63, 3.8) is 0 Å². The topological polar surface area (TPSA) is 164 Å². The number of nitrogens with one attached hydrogen (secondary N) is 1. The average Bonchev–Trinajstić information content (AvgIpc) is 3.89. The van der Waals surface area contributed by atoms with Gasteiger partial charge >= 0.3 is 5.97 Å². The third-order valence-electron chi connectivity index (χ3n) is 12.6. The number of carbonyl (C=O) groups is 2. The van der Waals surface area contributed by atoms with Gasteiger partial charge in [-0.15, -0.1) is 12.4 Å². The molecular formula is C36H49ClN10O3. The van der Waals surface area contributed by atoms with Gasteiger partial charge in [-0.1, -0.05) is 0 Å². The lowest BCUT2D eigenvalue weighted by Gasteiger charge is -2.54. The van der Waals surface area contributed by atoms with Crippen molar-refractivity contribution < 1.29 is 14.7 Å². The first kappa shape index (κ1) is 34.5. The number of nitrogens with zero attached hydrogens (tertiary/aromatic N) is 8. The maximum absolute atomic E-state index is 13.0. The zero-order chi connectivity index (χ0) is 33.8. The molecule has 0 aromatic carbocycles. The van der Waals surface area contributed by atoms with E-state index in [9.17, 15) is 9.59 Å². The highest BCUT2D eigenvalue weighted by atomic mass is 35.5. The van der Waals surface area contributed by atoms with E-state index in [0.717, 1.165) is 41.3 Å². The molecule has 12 rings (SSSR count). The molecule has 13 nitrogen and oxygen atoms in total. The van der Waals surface area contributed by atoms with Crippen LogP contribution in [0.3, 0.4) is 0 Å². The zero-order valence-electron chi connectivity index (χ0n) is 28.8. The molecule has 0 aliphatic heterocycles. The Hall–Kier alpha value is -3.97. The van der Waals surface area contributed by atoms with Crippen molar-refractivity contribution in [3.05, 3.63) is 60.4 Å². The molecule has 4 heterocycles. The van der Waals surface area contributed by atoms with Gasteiger partial charge in [0.2, 0.25) is 0 Å². The Labute approximate surface area is 298 Å². The molecule has 8 fully saturated rings. The van der Waals surface area contributed by atoms with Crippen molar-refractivity contribution in [2.75, 3.05) is 0 Å². The number of carbonyl (C=O) groups excluding carboxylic acids is 1. The average molecular weight is 705 g/mol. The van der Waals surface area contributed by atoms with E-state index in [2.05, 4.69) is 25.7 Å². The number of aromatic carboxylic acids is 1. The summed E-state index contributed by atoms with van der Waals surface area (Å²) in [6.07, 6.45) is 23.8. The van der Waals surface area contributed by atoms with Crippen LogP contribution in [0, 0.1) is 47.3 Å². The highest BCUT2D eigenvalue weighted by Gasteiger charge is 2.49. The normalized spacial score (nSPS) is 32.4. The Morgan fingerprint density at radius 3 is 1.52 bits per heavy atom. The highest BCUT2D eigenvalue weighted by Crippen LogP contribution is 2.54. The van der Waals surface area contributed by atoms with Gasteiger partial charge in [0.15, 0.2) is 11.6 Å². The molecule has 8 bridgehead atoms. The number of amides is 1. The van der Waals surface area contributed by atoms with Crippen LogP contribution < -0.4 is 11.1 Å². The monoisotopic (exact) mass is 704 g/mol. The fourth-order valence-corrected chi connectivity index (χ4v) is 10.9. The third-order valence-corrected chi connectivity index (χ3v) is 12.6. The summed E-state index contributed by atoms with van der Waals surface area (Å²) in [6.45, 7) is 0. The van der Waals surface area contributed by atoms with Crippen LogP contribution in [0.4, 0.5) is 0 Å². The number of carboxylic acid groups (broad SMARTS) is 1. The highest BCUT2D eigenvalue weighted by molar-refractivity contribution is 5.97. The summed E-state index contributed by atoms with van der Waals surface area (Å²) in [5.41, 5.74) is 6.91. The van der Waals surface area contributed by atoms with Crippen LogP contribution in [0.5, 0.6) is 0 Å². The predicted octanol–water partition coefficient (Wildman–Crippen LogP) is 4.66. The summed E-state index contributed by atoms with van der Waals surface area (Å²) >= 11 is 0. The van der Waals surface area contributed by atoms with Gasteiger partial charge in [0, 0.05) is 51.0 Å². The molecule has 50 heavy (non-hydrogen) atoms. The van der Waals surface area contributed by atoms with Gasteiger partial charge in [0.1, 0.15) is 11.1 Å². The van der Waals surface area contributed by atoms with Crippen molar-refractivity contribution >= 4 is 24.3 Å². The largest absolute Gasteiger partial charge is 0.477 e. The lowest BCUT2D eigenvalue weighted by atomic mass is 9.54. The molecule has 0 unspecified atom stereocenters. The quantitative estimate of drug-likeness (QED) is 0.270. The van der Waals surface area contributed by atoms with E-state index in [0.29, 0.717) is 35.3 Å². The Kier molecular flexibility index (Phi) is 9.64. The molecule has 4 N–H and O–H groups in total. The second kappa shape index (κ2) is 14.0. The number of nitrogens with two attached hydrogens (primary N) is 1. The third kappa shape index (κ3) is 6.50. The molecule has 4 aromatic heterocycles. The lowest BCUT2D eigenvalue weighted by molar-refractivity contribution is -0.0119. The Balaban J connectivity index is 0.000000128. The molecule has 0 atom stereocenters. The van der Waals surface area contributed by atoms with Gasteiger partial charge < -0.3 is 16.2 Å². The van der Waals surface area contributed by atoms with Gasteiger partial charge in [-0.05, 0) is 124 Å². The minimum atomic E-state index is -1.01. The van der Waals surface area contributed by atoms with Gasteiger partial charge in [0.25, 0.3) is 5.91 Å². The molecule has 4 aromatic rings. The molecule has 0 spiro atoms. The number of hydrogen-bond donors (Lipinski definition) is 3. The first-order valence-electron chi connectivity index (χ1n) is 18.1. The van der Waals surface area contributed by atoms with E-state index >= 15 is 0 Å². The van der Waals surface area contributed by atoms with Gasteiger partial charge in [-0.25, -0.2) is 14.2 Å². The van der Waals surface area contributed by atoms with E-state index in [1.54, 1.807) is 53.7 Å². The number of rotatable bonds is 5. The van der Waals surface area contributed by atoms with Crippen LogP contribution in [0.15, 0.2) is 49.3 Å². The van der Waals surface area contributed by atoms with Crippen LogP contribution in [-0.2, 0) is 14.1 Å². The second-order valence-electron chi connectivity index (χ2n) is 15.7. The van der Waals surface area contributed by atoms with E-state index < -0.39 is 5.97 Å². The number of halogens is 1. The zero-order valence-corrected chi connectivity index (χ0v) is 29.6. The van der Waals surface area contributed by atoms with Crippen molar-refractivity contribution in [2.45, 2.75) is 76.3 Å². The standard InChI is InChI=1S/C18H23N5O.C10H17N.C8H8N4O2.ClH/c1-22-18(23-4-2-3-19-23)15(10-20-22)17(24)21-16-13-6-11-5-12(8-13)9-14(16)7-11;11-10-8-2-6-1-7(4-8)5-9(10)3-6;1-11-7(12-4-2-3-9-12)6(5-10-11)8(13)14;/h2-4,10-14,16H,5-9H2,1H3,(H,21,24);6-10H,1-5,11H2;2-5H,1H3,(H,13,14);1H. The molecule has 0 saturated heterocycles. The summed E-state index contributed by atoms with van der Waals surface area (Å²) in [7, 11) is 3.51. The van der Waals surface area contributed by atoms with Gasteiger partial charge in [-0.3, -0.25) is 14.2 Å². The van der Waals surface area contributed by atoms with E-state index in [4.69, 9.17) is 10.8 Å². The fourth-order valence-electron chi connectivity index (χ4n) is 10.9. The van der Waals surface area contributed by atoms with Crippen LogP contribution in [0.1, 0.15) is 84.9 Å². The minimum Gasteiger partial charge on any atom is -0.477 e. The van der Waals surface area contributed by atoms with Crippen molar-refractivity contribution in [1.29, 1.82) is 0 Å². The van der Waals surface area contributed by atoms with E-state index in [-0.39, 0.29) is 23.9 Å². The molecule has 8 saturated carbocycles. The molecule has 8 aliphatic carbocycles. The van der Waals surface area contributed by atoms with Crippen molar-refractivity contribution in [2.24, 2.45) is 67.2 Å². The van der Waals surface area contributed by atoms with Crippen molar-refractivity contribution in [1.82, 2.24) is 44.4 Å². The molecule has 8 aliphatic rings. The molecule has 268 valence electrons. The van der Waals surface area contributed by atoms with Crippen molar-refractivity contribution in [3.8, 4) is 11.6 Å². The Morgan fingerprint density at radius 2 is 1.10 bits per heavy atom.